The van der Waals surface area contributed by atoms with Crippen LogP contribution in [0.1, 0.15) is 0 Å². The highest BCUT2D eigenvalue weighted by molar-refractivity contribution is 7.98. The van der Waals surface area contributed by atoms with E-state index in [-0.39, 0.29) is 5.69 Å². The summed E-state index contributed by atoms with van der Waals surface area (Å²) >= 11 is 1.26. The molecule has 0 unspecified atom stereocenters. The molecule has 15 heavy (non-hydrogen) atoms. The van der Waals surface area contributed by atoms with Gasteiger partial charge in [-0.3, -0.25) is 10.1 Å². The maximum atomic E-state index is 10.7. The first-order valence-electron chi connectivity index (χ1n) is 4.09. The second-order valence-electron chi connectivity index (χ2n) is 2.61. The van der Waals surface area contributed by atoms with Crippen molar-refractivity contribution in [2.75, 3.05) is 20.5 Å². The second kappa shape index (κ2) is 4.88. The minimum Gasteiger partial charge on any atom is -0.493 e. The highest BCUT2D eigenvalue weighted by atomic mass is 32.2. The lowest BCUT2D eigenvalue weighted by molar-refractivity contribution is -0.387. The fourth-order valence-electron chi connectivity index (χ4n) is 1.23. The number of hydrogen-bond acceptors (Lipinski definition) is 5. The SMILES string of the molecule is COc1ccc([N+](=O)[O-])c(SC)c1OC. The average Bonchev–Trinajstić information content (AvgIpc) is 2.26. The summed E-state index contributed by atoms with van der Waals surface area (Å²) in [5.41, 5.74) is 0.0279. The van der Waals surface area contributed by atoms with Crippen molar-refractivity contribution in [3.05, 3.63) is 22.2 Å². The van der Waals surface area contributed by atoms with E-state index < -0.39 is 4.92 Å². The van der Waals surface area contributed by atoms with Crippen LogP contribution >= 0.6 is 11.8 Å². The summed E-state index contributed by atoms with van der Waals surface area (Å²) in [7, 11) is 2.95. The highest BCUT2D eigenvalue weighted by Crippen LogP contribution is 2.42. The first-order chi connectivity index (χ1) is 7.15. The predicted molar refractivity (Wildman–Crippen MR) is 58.0 cm³/mol. The third-order valence-corrected chi connectivity index (χ3v) is 2.68. The van der Waals surface area contributed by atoms with Gasteiger partial charge in [0.05, 0.1) is 19.1 Å². The Balaban J connectivity index is 3.40. The van der Waals surface area contributed by atoms with Crippen LogP contribution in [0, 0.1) is 10.1 Å². The quantitative estimate of drug-likeness (QED) is 0.450. The number of ether oxygens (including phenoxy) is 2. The van der Waals surface area contributed by atoms with Gasteiger partial charge in [-0.15, -0.1) is 11.8 Å². The number of rotatable bonds is 4. The van der Waals surface area contributed by atoms with Gasteiger partial charge >= 0.3 is 0 Å². The lowest BCUT2D eigenvalue weighted by Gasteiger charge is -2.10. The van der Waals surface area contributed by atoms with Gasteiger partial charge in [-0.2, -0.15) is 0 Å². The summed E-state index contributed by atoms with van der Waals surface area (Å²) < 4.78 is 10.2. The molecule has 0 aromatic heterocycles. The summed E-state index contributed by atoms with van der Waals surface area (Å²) in [4.78, 5) is 10.8. The molecule has 5 nitrogen and oxygen atoms in total. The number of methoxy groups -OCH3 is 2. The molecule has 0 aliphatic rings. The fraction of sp³-hybridized carbons (Fsp3) is 0.333. The molecule has 0 fully saturated rings. The molecule has 0 aliphatic heterocycles. The van der Waals surface area contributed by atoms with Gasteiger partial charge < -0.3 is 9.47 Å². The van der Waals surface area contributed by atoms with Crippen LogP contribution in [0.2, 0.25) is 0 Å². The van der Waals surface area contributed by atoms with Crippen LogP contribution in [-0.2, 0) is 0 Å². The normalized spacial score (nSPS) is 9.80. The van der Waals surface area contributed by atoms with Crippen LogP contribution < -0.4 is 9.47 Å². The molecule has 0 amide bonds. The summed E-state index contributed by atoms with van der Waals surface area (Å²) in [5, 5.41) is 10.7. The molecule has 0 heterocycles. The first-order valence-corrected chi connectivity index (χ1v) is 5.31. The summed E-state index contributed by atoms with van der Waals surface area (Å²) in [6, 6.07) is 2.93. The standard InChI is InChI=1S/C9H11NO4S/c1-13-7-5-4-6(10(11)12)9(15-3)8(7)14-2/h4-5H,1-3H3. The van der Waals surface area contributed by atoms with E-state index in [1.807, 2.05) is 0 Å². The molecule has 1 rings (SSSR count). The van der Waals surface area contributed by atoms with E-state index in [9.17, 15) is 10.1 Å². The van der Waals surface area contributed by atoms with Gasteiger partial charge in [0.1, 0.15) is 4.90 Å². The minimum absolute atomic E-state index is 0.0279. The zero-order valence-electron chi connectivity index (χ0n) is 8.64. The molecule has 0 radical (unpaired) electrons. The predicted octanol–water partition coefficient (Wildman–Crippen LogP) is 2.33. The molecular formula is C9H11NO4S. The molecule has 82 valence electrons. The van der Waals surface area contributed by atoms with Crippen molar-refractivity contribution in [2.45, 2.75) is 4.90 Å². The van der Waals surface area contributed by atoms with Crippen LogP contribution in [-0.4, -0.2) is 25.4 Å². The van der Waals surface area contributed by atoms with Crippen molar-refractivity contribution in [1.82, 2.24) is 0 Å². The number of hydrogen-bond donors (Lipinski definition) is 0. The van der Waals surface area contributed by atoms with Crippen LogP contribution in [0.5, 0.6) is 11.5 Å². The van der Waals surface area contributed by atoms with Gasteiger partial charge in [0.15, 0.2) is 11.5 Å². The van der Waals surface area contributed by atoms with Crippen molar-refractivity contribution in [2.24, 2.45) is 0 Å². The summed E-state index contributed by atoms with van der Waals surface area (Å²) in [5.74, 6) is 0.895. The van der Waals surface area contributed by atoms with E-state index in [1.54, 1.807) is 6.26 Å². The lowest BCUT2D eigenvalue weighted by Crippen LogP contribution is -1.97. The number of nitro benzene ring substituents is 1. The van der Waals surface area contributed by atoms with E-state index in [1.165, 1.54) is 38.1 Å². The molecule has 6 heteroatoms. The molecular weight excluding hydrogens is 218 g/mol. The van der Waals surface area contributed by atoms with Crippen molar-refractivity contribution in [3.63, 3.8) is 0 Å². The first kappa shape index (κ1) is 11.6. The Bertz CT molecular complexity index is 381. The van der Waals surface area contributed by atoms with Crippen LogP contribution in [0.15, 0.2) is 17.0 Å². The minimum atomic E-state index is -0.437. The van der Waals surface area contributed by atoms with Gasteiger partial charge in [-0.25, -0.2) is 0 Å². The maximum absolute atomic E-state index is 10.7. The Kier molecular flexibility index (Phi) is 3.79. The number of benzene rings is 1. The smallest absolute Gasteiger partial charge is 0.286 e. The summed E-state index contributed by atoms with van der Waals surface area (Å²) in [6.07, 6.45) is 1.75. The van der Waals surface area contributed by atoms with Gasteiger partial charge in [-0.1, -0.05) is 0 Å². The van der Waals surface area contributed by atoms with E-state index in [0.717, 1.165) is 0 Å². The largest absolute Gasteiger partial charge is 0.493 e. The van der Waals surface area contributed by atoms with Gasteiger partial charge in [-0.05, 0) is 12.3 Å². The van der Waals surface area contributed by atoms with E-state index in [0.29, 0.717) is 16.4 Å². The third kappa shape index (κ3) is 2.15. The summed E-state index contributed by atoms with van der Waals surface area (Å²) in [6.45, 7) is 0. The Labute approximate surface area is 91.5 Å². The maximum Gasteiger partial charge on any atom is 0.286 e. The fourth-order valence-corrected chi connectivity index (χ4v) is 1.95. The topological polar surface area (TPSA) is 61.6 Å². The lowest BCUT2D eigenvalue weighted by atomic mass is 10.3. The molecule has 1 aromatic rings. The molecule has 0 N–H and O–H groups in total. The van der Waals surface area contributed by atoms with E-state index in [2.05, 4.69) is 0 Å². The molecule has 1 aromatic carbocycles. The van der Waals surface area contributed by atoms with Crippen LogP contribution in [0.4, 0.5) is 5.69 Å². The Morgan fingerprint density at radius 1 is 1.33 bits per heavy atom. The number of thioether (sulfide) groups is 1. The Morgan fingerprint density at radius 3 is 2.40 bits per heavy atom. The zero-order valence-corrected chi connectivity index (χ0v) is 9.46. The molecule has 0 atom stereocenters. The molecule has 0 saturated carbocycles. The molecule has 0 aliphatic carbocycles. The second-order valence-corrected chi connectivity index (χ2v) is 3.43. The van der Waals surface area contributed by atoms with Gasteiger partial charge in [0, 0.05) is 6.07 Å². The number of nitrogens with zero attached hydrogens (tertiary/aromatic N) is 1. The highest BCUT2D eigenvalue weighted by Gasteiger charge is 2.21. The van der Waals surface area contributed by atoms with Crippen LogP contribution in [0.25, 0.3) is 0 Å². The molecule has 0 spiro atoms. The van der Waals surface area contributed by atoms with E-state index in [4.69, 9.17) is 9.47 Å². The average molecular weight is 229 g/mol. The van der Waals surface area contributed by atoms with Crippen molar-refractivity contribution in [1.29, 1.82) is 0 Å². The number of nitro groups is 1. The van der Waals surface area contributed by atoms with Crippen molar-refractivity contribution in [3.8, 4) is 11.5 Å². The zero-order chi connectivity index (χ0) is 11.4. The van der Waals surface area contributed by atoms with Crippen molar-refractivity contribution < 1.29 is 14.4 Å². The Hall–Kier alpha value is -1.43. The van der Waals surface area contributed by atoms with Crippen molar-refractivity contribution >= 4 is 17.4 Å². The third-order valence-electron chi connectivity index (χ3n) is 1.88. The monoisotopic (exact) mass is 229 g/mol. The molecule has 0 bridgehead atoms. The Morgan fingerprint density at radius 2 is 2.00 bits per heavy atom. The van der Waals surface area contributed by atoms with Gasteiger partial charge in [0.25, 0.3) is 5.69 Å². The van der Waals surface area contributed by atoms with E-state index >= 15 is 0 Å². The molecule has 0 saturated heterocycles. The van der Waals surface area contributed by atoms with Crippen LogP contribution in [0.3, 0.4) is 0 Å². The van der Waals surface area contributed by atoms with Gasteiger partial charge in [0.2, 0.25) is 0 Å².